The fourth-order valence-corrected chi connectivity index (χ4v) is 4.00. The average molecular weight is 304 g/mol. The lowest BCUT2D eigenvalue weighted by Gasteiger charge is -2.37. The van der Waals surface area contributed by atoms with Crippen LogP contribution in [-0.2, 0) is 14.6 Å². The second kappa shape index (κ2) is 5.61. The minimum atomic E-state index is -2.89. The molecule has 1 saturated carbocycles. The van der Waals surface area contributed by atoms with Gasteiger partial charge >= 0.3 is 5.97 Å². The lowest BCUT2D eigenvalue weighted by Crippen LogP contribution is -2.55. The zero-order valence-corrected chi connectivity index (χ0v) is 12.9. The number of nitrogens with zero attached hydrogens (tertiary/aromatic N) is 1. The molecule has 20 heavy (non-hydrogen) atoms. The van der Waals surface area contributed by atoms with Crippen LogP contribution in [-0.4, -0.2) is 66.6 Å². The molecular weight excluding hydrogens is 280 g/mol. The molecule has 2 N–H and O–H groups in total. The van der Waals surface area contributed by atoms with Gasteiger partial charge in [-0.15, -0.1) is 0 Å². The molecule has 7 heteroatoms. The molecule has 0 aromatic rings. The third-order valence-electron chi connectivity index (χ3n) is 4.28. The van der Waals surface area contributed by atoms with Gasteiger partial charge in [0.1, 0.15) is 5.54 Å². The van der Waals surface area contributed by atoms with Gasteiger partial charge in [-0.3, -0.25) is 15.0 Å². The van der Waals surface area contributed by atoms with Gasteiger partial charge in [-0.2, -0.15) is 0 Å². The van der Waals surface area contributed by atoms with Crippen molar-refractivity contribution in [1.29, 1.82) is 0 Å². The molecule has 1 aliphatic carbocycles. The Morgan fingerprint density at radius 2 is 1.95 bits per heavy atom. The maximum Gasteiger partial charge on any atom is 0.323 e. The van der Waals surface area contributed by atoms with E-state index in [1.165, 1.54) is 0 Å². The number of aliphatic carboxylic acids is 1. The number of carbonyl (C=O) groups is 1. The van der Waals surface area contributed by atoms with E-state index in [0.29, 0.717) is 25.6 Å². The van der Waals surface area contributed by atoms with E-state index in [9.17, 15) is 18.3 Å². The van der Waals surface area contributed by atoms with Crippen LogP contribution in [0.25, 0.3) is 0 Å². The molecule has 2 rings (SSSR count). The Morgan fingerprint density at radius 3 is 2.40 bits per heavy atom. The summed E-state index contributed by atoms with van der Waals surface area (Å²) in [5.41, 5.74) is -0.934. The van der Waals surface area contributed by atoms with Gasteiger partial charge in [0, 0.05) is 25.2 Å². The van der Waals surface area contributed by atoms with Crippen molar-refractivity contribution in [3.05, 3.63) is 0 Å². The molecule has 116 valence electrons. The van der Waals surface area contributed by atoms with Gasteiger partial charge in [0.15, 0.2) is 9.84 Å². The zero-order valence-electron chi connectivity index (χ0n) is 12.1. The molecule has 0 amide bonds. The fourth-order valence-electron chi connectivity index (χ4n) is 2.77. The first-order chi connectivity index (χ1) is 9.22. The SMILES string of the molecule is CC(CC(C)(NC1CC1)C(=O)O)N1CCS(=O)(=O)CC1. The summed E-state index contributed by atoms with van der Waals surface area (Å²) in [6, 6.07) is 0.378. The molecule has 2 fully saturated rings. The number of hydrogen-bond acceptors (Lipinski definition) is 5. The predicted octanol–water partition coefficient (Wildman–Crippen LogP) is 0.0907. The third kappa shape index (κ3) is 3.93. The monoisotopic (exact) mass is 304 g/mol. The number of hydrogen-bond donors (Lipinski definition) is 2. The summed E-state index contributed by atoms with van der Waals surface area (Å²) in [6.45, 7) is 4.71. The second-order valence-electron chi connectivity index (χ2n) is 6.30. The van der Waals surface area contributed by atoms with Crippen molar-refractivity contribution in [3.8, 4) is 0 Å². The highest BCUT2D eigenvalue weighted by atomic mass is 32.2. The first-order valence-corrected chi connectivity index (χ1v) is 8.99. The second-order valence-corrected chi connectivity index (χ2v) is 8.60. The van der Waals surface area contributed by atoms with Crippen molar-refractivity contribution in [2.75, 3.05) is 24.6 Å². The molecule has 0 radical (unpaired) electrons. The number of sulfone groups is 1. The molecule has 1 saturated heterocycles. The van der Waals surface area contributed by atoms with Gasteiger partial charge in [-0.05, 0) is 33.1 Å². The summed E-state index contributed by atoms with van der Waals surface area (Å²) in [7, 11) is -2.89. The minimum Gasteiger partial charge on any atom is -0.480 e. The molecule has 1 aliphatic heterocycles. The van der Waals surface area contributed by atoms with Crippen LogP contribution in [0.2, 0.25) is 0 Å². The Balaban J connectivity index is 1.94. The Hall–Kier alpha value is -0.660. The molecule has 0 bridgehead atoms. The first kappa shape index (κ1) is 15.7. The van der Waals surface area contributed by atoms with Crippen LogP contribution in [0.3, 0.4) is 0 Å². The lowest BCUT2D eigenvalue weighted by atomic mass is 9.92. The van der Waals surface area contributed by atoms with Crippen LogP contribution >= 0.6 is 0 Å². The summed E-state index contributed by atoms with van der Waals surface area (Å²) >= 11 is 0. The Kier molecular flexibility index (Phi) is 4.41. The van der Waals surface area contributed by atoms with Crippen molar-refractivity contribution < 1.29 is 18.3 Å². The van der Waals surface area contributed by atoms with Crippen molar-refractivity contribution in [2.24, 2.45) is 0 Å². The molecule has 2 atom stereocenters. The van der Waals surface area contributed by atoms with Crippen LogP contribution < -0.4 is 5.32 Å². The maximum absolute atomic E-state index is 11.5. The predicted molar refractivity (Wildman–Crippen MR) is 76.5 cm³/mol. The lowest BCUT2D eigenvalue weighted by molar-refractivity contribution is -0.145. The van der Waals surface area contributed by atoms with E-state index in [1.807, 2.05) is 6.92 Å². The quantitative estimate of drug-likeness (QED) is 0.723. The van der Waals surface area contributed by atoms with Crippen molar-refractivity contribution in [1.82, 2.24) is 10.2 Å². The van der Waals surface area contributed by atoms with E-state index in [0.717, 1.165) is 12.8 Å². The zero-order chi connectivity index (χ0) is 15.0. The van der Waals surface area contributed by atoms with E-state index in [1.54, 1.807) is 6.92 Å². The third-order valence-corrected chi connectivity index (χ3v) is 5.89. The van der Waals surface area contributed by atoms with Crippen LogP contribution in [0.1, 0.15) is 33.1 Å². The van der Waals surface area contributed by atoms with E-state index in [4.69, 9.17) is 0 Å². The highest BCUT2D eigenvalue weighted by Gasteiger charge is 2.40. The highest BCUT2D eigenvalue weighted by molar-refractivity contribution is 7.91. The normalized spacial score (nSPS) is 27.7. The summed E-state index contributed by atoms with van der Waals surface area (Å²) < 4.78 is 22.9. The van der Waals surface area contributed by atoms with Gasteiger partial charge in [0.05, 0.1) is 11.5 Å². The number of rotatable bonds is 6. The van der Waals surface area contributed by atoms with Crippen LogP contribution in [0, 0.1) is 0 Å². The standard InChI is InChI=1S/C13H24N2O4S/c1-10(15-5-7-20(18,19)8-6-15)9-13(2,12(16)17)14-11-3-4-11/h10-11,14H,3-9H2,1-2H3,(H,16,17). The largest absolute Gasteiger partial charge is 0.480 e. The Bertz CT molecular complexity index is 461. The van der Waals surface area contributed by atoms with E-state index >= 15 is 0 Å². The van der Waals surface area contributed by atoms with E-state index in [2.05, 4.69) is 10.2 Å². The smallest absolute Gasteiger partial charge is 0.323 e. The summed E-state index contributed by atoms with van der Waals surface area (Å²) in [5, 5.41) is 12.7. The minimum absolute atomic E-state index is 0.0536. The number of carboxylic acid groups (broad SMARTS) is 1. The van der Waals surface area contributed by atoms with Gasteiger partial charge in [-0.1, -0.05) is 0 Å². The summed E-state index contributed by atoms with van der Waals surface area (Å²) in [4.78, 5) is 13.6. The van der Waals surface area contributed by atoms with Gasteiger partial charge < -0.3 is 5.11 Å². The van der Waals surface area contributed by atoms with Crippen LogP contribution in [0.4, 0.5) is 0 Å². The first-order valence-electron chi connectivity index (χ1n) is 7.17. The molecule has 1 heterocycles. The van der Waals surface area contributed by atoms with E-state index in [-0.39, 0.29) is 17.5 Å². The number of nitrogens with one attached hydrogen (secondary N) is 1. The average Bonchev–Trinajstić information content (AvgIpc) is 3.12. The fraction of sp³-hybridized carbons (Fsp3) is 0.923. The molecule has 0 aromatic carbocycles. The molecule has 0 aromatic heterocycles. The molecular formula is C13H24N2O4S. The van der Waals surface area contributed by atoms with Crippen molar-refractivity contribution in [3.63, 3.8) is 0 Å². The summed E-state index contributed by atoms with van der Waals surface area (Å²) in [6.07, 6.45) is 2.57. The van der Waals surface area contributed by atoms with Crippen molar-refractivity contribution in [2.45, 2.75) is 50.7 Å². The molecule has 6 nitrogen and oxygen atoms in total. The number of carboxylic acids is 1. The van der Waals surface area contributed by atoms with Gasteiger partial charge in [0.25, 0.3) is 0 Å². The van der Waals surface area contributed by atoms with Gasteiger partial charge in [0.2, 0.25) is 0 Å². The Morgan fingerprint density at radius 1 is 1.40 bits per heavy atom. The molecule has 2 unspecified atom stereocenters. The summed E-state index contributed by atoms with van der Waals surface area (Å²) in [5.74, 6) is -0.477. The van der Waals surface area contributed by atoms with E-state index < -0.39 is 21.3 Å². The topological polar surface area (TPSA) is 86.7 Å². The van der Waals surface area contributed by atoms with Gasteiger partial charge in [-0.25, -0.2) is 8.42 Å². The van der Waals surface area contributed by atoms with Crippen molar-refractivity contribution >= 4 is 15.8 Å². The molecule has 0 spiro atoms. The molecule has 2 aliphatic rings. The Labute approximate surface area is 120 Å². The highest BCUT2D eigenvalue weighted by Crippen LogP contribution is 2.26. The van der Waals surface area contributed by atoms with Crippen LogP contribution in [0.15, 0.2) is 0 Å². The van der Waals surface area contributed by atoms with Crippen LogP contribution in [0.5, 0.6) is 0 Å². The maximum atomic E-state index is 11.5.